The van der Waals surface area contributed by atoms with E-state index < -0.39 is 0 Å². The SMILES string of the molecule is COc1ccc(C(=O)NC2CCN(Cc3ccccc3)C2)c(OCCN)c1. The van der Waals surface area contributed by atoms with E-state index in [0.29, 0.717) is 30.2 Å². The van der Waals surface area contributed by atoms with Crippen molar-refractivity contribution in [2.24, 2.45) is 5.73 Å². The van der Waals surface area contributed by atoms with Crippen LogP contribution < -0.4 is 20.5 Å². The maximum Gasteiger partial charge on any atom is 0.255 e. The first-order chi connectivity index (χ1) is 13.2. The van der Waals surface area contributed by atoms with Gasteiger partial charge in [0.05, 0.1) is 12.7 Å². The smallest absolute Gasteiger partial charge is 0.255 e. The lowest BCUT2D eigenvalue weighted by molar-refractivity contribution is 0.0933. The van der Waals surface area contributed by atoms with Crippen LogP contribution in [0, 0.1) is 0 Å². The molecule has 2 aromatic rings. The van der Waals surface area contributed by atoms with Crippen molar-refractivity contribution in [3.63, 3.8) is 0 Å². The van der Waals surface area contributed by atoms with Gasteiger partial charge in [-0.1, -0.05) is 30.3 Å². The number of carbonyl (C=O) groups excluding carboxylic acids is 1. The van der Waals surface area contributed by atoms with Gasteiger partial charge in [-0.2, -0.15) is 0 Å². The van der Waals surface area contributed by atoms with Crippen molar-refractivity contribution >= 4 is 5.91 Å². The molecule has 27 heavy (non-hydrogen) atoms. The average Bonchev–Trinajstić information content (AvgIpc) is 3.13. The highest BCUT2D eigenvalue weighted by molar-refractivity contribution is 5.97. The van der Waals surface area contributed by atoms with E-state index in [1.165, 1.54) is 5.56 Å². The third-order valence-electron chi connectivity index (χ3n) is 4.67. The van der Waals surface area contributed by atoms with Crippen molar-refractivity contribution in [1.82, 2.24) is 10.2 Å². The minimum absolute atomic E-state index is 0.128. The maximum absolute atomic E-state index is 12.8. The van der Waals surface area contributed by atoms with E-state index in [4.69, 9.17) is 15.2 Å². The number of rotatable bonds is 8. The molecule has 1 atom stereocenters. The van der Waals surface area contributed by atoms with Crippen molar-refractivity contribution in [3.8, 4) is 11.5 Å². The highest BCUT2D eigenvalue weighted by Gasteiger charge is 2.25. The lowest BCUT2D eigenvalue weighted by Crippen LogP contribution is -2.37. The number of hydrogen-bond donors (Lipinski definition) is 2. The molecule has 0 spiro atoms. The first-order valence-corrected chi connectivity index (χ1v) is 9.27. The molecule has 1 heterocycles. The van der Waals surface area contributed by atoms with Gasteiger partial charge in [0.2, 0.25) is 0 Å². The van der Waals surface area contributed by atoms with Crippen molar-refractivity contribution in [1.29, 1.82) is 0 Å². The summed E-state index contributed by atoms with van der Waals surface area (Å²) in [6, 6.07) is 15.7. The van der Waals surface area contributed by atoms with E-state index in [0.717, 1.165) is 26.1 Å². The van der Waals surface area contributed by atoms with E-state index in [1.807, 2.05) is 6.07 Å². The fourth-order valence-corrected chi connectivity index (χ4v) is 3.30. The van der Waals surface area contributed by atoms with Gasteiger partial charge in [-0.15, -0.1) is 0 Å². The van der Waals surface area contributed by atoms with Gasteiger partial charge >= 0.3 is 0 Å². The van der Waals surface area contributed by atoms with E-state index in [2.05, 4.69) is 34.5 Å². The Balaban J connectivity index is 1.60. The highest BCUT2D eigenvalue weighted by Crippen LogP contribution is 2.25. The lowest BCUT2D eigenvalue weighted by Gasteiger charge is -2.18. The number of methoxy groups -OCH3 is 1. The zero-order chi connectivity index (χ0) is 19.1. The molecule has 0 radical (unpaired) electrons. The Morgan fingerprint density at radius 1 is 1.26 bits per heavy atom. The molecule has 1 unspecified atom stereocenters. The highest BCUT2D eigenvalue weighted by atomic mass is 16.5. The summed E-state index contributed by atoms with van der Waals surface area (Å²) in [6.07, 6.45) is 0.938. The summed E-state index contributed by atoms with van der Waals surface area (Å²) in [7, 11) is 1.58. The first-order valence-electron chi connectivity index (χ1n) is 9.27. The number of ether oxygens (including phenoxy) is 2. The second kappa shape index (κ2) is 9.39. The molecule has 3 rings (SSSR count). The molecule has 6 heteroatoms. The number of nitrogens with one attached hydrogen (secondary N) is 1. The number of benzene rings is 2. The van der Waals surface area contributed by atoms with Gasteiger partial charge in [-0.05, 0) is 24.1 Å². The number of hydrogen-bond acceptors (Lipinski definition) is 5. The number of carbonyl (C=O) groups is 1. The van der Waals surface area contributed by atoms with E-state index in [1.54, 1.807) is 25.3 Å². The molecule has 1 saturated heterocycles. The Hall–Kier alpha value is -2.57. The number of nitrogens with two attached hydrogens (primary N) is 1. The molecule has 0 aliphatic carbocycles. The normalized spacial score (nSPS) is 16.9. The minimum atomic E-state index is -0.128. The standard InChI is InChI=1S/C21H27N3O3/c1-26-18-7-8-19(20(13-18)27-12-10-22)21(25)23-17-9-11-24(15-17)14-16-5-3-2-4-6-16/h2-8,13,17H,9-12,14-15,22H2,1H3,(H,23,25). The summed E-state index contributed by atoms with van der Waals surface area (Å²) < 4.78 is 10.9. The maximum atomic E-state index is 12.8. The van der Waals surface area contributed by atoms with E-state index in [-0.39, 0.29) is 11.9 Å². The van der Waals surface area contributed by atoms with Crippen molar-refractivity contribution < 1.29 is 14.3 Å². The fourth-order valence-electron chi connectivity index (χ4n) is 3.30. The predicted octanol–water partition coefficient (Wildman–Crippen LogP) is 2.04. The van der Waals surface area contributed by atoms with Crippen molar-refractivity contribution in [2.45, 2.75) is 19.0 Å². The Labute approximate surface area is 160 Å². The fraction of sp³-hybridized carbons (Fsp3) is 0.381. The Morgan fingerprint density at radius 2 is 2.07 bits per heavy atom. The Kier molecular flexibility index (Phi) is 6.68. The topological polar surface area (TPSA) is 76.8 Å². The van der Waals surface area contributed by atoms with Gasteiger partial charge in [0, 0.05) is 38.3 Å². The molecule has 144 valence electrons. The van der Waals surface area contributed by atoms with Crippen LogP contribution in [-0.2, 0) is 6.54 Å². The van der Waals surface area contributed by atoms with Crippen LogP contribution in [0.15, 0.2) is 48.5 Å². The molecule has 0 aromatic heterocycles. The van der Waals surface area contributed by atoms with Crippen LogP contribution in [0.3, 0.4) is 0 Å². The van der Waals surface area contributed by atoms with Crippen LogP contribution >= 0.6 is 0 Å². The predicted molar refractivity (Wildman–Crippen MR) is 105 cm³/mol. The Morgan fingerprint density at radius 3 is 2.81 bits per heavy atom. The largest absolute Gasteiger partial charge is 0.497 e. The quantitative estimate of drug-likeness (QED) is 0.745. The van der Waals surface area contributed by atoms with E-state index >= 15 is 0 Å². The zero-order valence-corrected chi connectivity index (χ0v) is 15.7. The molecule has 0 saturated carbocycles. The van der Waals surface area contributed by atoms with Crippen LogP contribution in [0.25, 0.3) is 0 Å². The molecular formula is C21H27N3O3. The lowest BCUT2D eigenvalue weighted by atomic mass is 10.1. The summed E-state index contributed by atoms with van der Waals surface area (Å²) in [5.74, 6) is 1.01. The summed E-state index contributed by atoms with van der Waals surface area (Å²) in [6.45, 7) is 3.45. The van der Waals surface area contributed by atoms with Gasteiger partial charge in [0.1, 0.15) is 18.1 Å². The number of likely N-dealkylation sites (tertiary alicyclic amines) is 1. The molecule has 0 bridgehead atoms. The third kappa shape index (κ3) is 5.21. The van der Waals surface area contributed by atoms with Gasteiger partial charge < -0.3 is 20.5 Å². The number of amides is 1. The van der Waals surface area contributed by atoms with Crippen LogP contribution in [0.5, 0.6) is 11.5 Å². The molecule has 1 fully saturated rings. The van der Waals surface area contributed by atoms with Gasteiger partial charge in [0.25, 0.3) is 5.91 Å². The van der Waals surface area contributed by atoms with Crippen LogP contribution in [-0.4, -0.2) is 50.2 Å². The molecule has 1 aliphatic rings. The first kappa shape index (κ1) is 19.2. The van der Waals surface area contributed by atoms with Crippen molar-refractivity contribution in [2.75, 3.05) is 33.4 Å². The van der Waals surface area contributed by atoms with Gasteiger partial charge in [-0.25, -0.2) is 0 Å². The average molecular weight is 369 g/mol. The summed E-state index contributed by atoms with van der Waals surface area (Å²) in [4.78, 5) is 15.1. The van der Waals surface area contributed by atoms with Gasteiger partial charge in [0.15, 0.2) is 0 Å². The van der Waals surface area contributed by atoms with Gasteiger partial charge in [-0.3, -0.25) is 9.69 Å². The van der Waals surface area contributed by atoms with E-state index in [9.17, 15) is 4.79 Å². The second-order valence-corrected chi connectivity index (χ2v) is 6.68. The number of nitrogens with zero attached hydrogens (tertiary/aromatic N) is 1. The summed E-state index contributed by atoms with van der Waals surface area (Å²) in [5.41, 5.74) is 7.32. The minimum Gasteiger partial charge on any atom is -0.497 e. The van der Waals surface area contributed by atoms with Crippen LogP contribution in [0.1, 0.15) is 22.3 Å². The summed E-state index contributed by atoms with van der Waals surface area (Å²) >= 11 is 0. The van der Waals surface area contributed by atoms with Crippen molar-refractivity contribution in [3.05, 3.63) is 59.7 Å². The molecule has 2 aromatic carbocycles. The molecule has 1 aliphatic heterocycles. The summed E-state index contributed by atoms with van der Waals surface area (Å²) in [5, 5.41) is 3.13. The Bertz CT molecular complexity index is 752. The zero-order valence-electron chi connectivity index (χ0n) is 15.7. The monoisotopic (exact) mass is 369 g/mol. The molecule has 6 nitrogen and oxygen atoms in total. The van der Waals surface area contributed by atoms with Crippen LogP contribution in [0.2, 0.25) is 0 Å². The second-order valence-electron chi connectivity index (χ2n) is 6.68. The molecule has 3 N–H and O–H groups in total. The molecular weight excluding hydrogens is 342 g/mol. The van der Waals surface area contributed by atoms with Crippen LogP contribution in [0.4, 0.5) is 0 Å². The molecule has 1 amide bonds. The third-order valence-corrected chi connectivity index (χ3v) is 4.67.